The van der Waals surface area contributed by atoms with Crippen molar-refractivity contribution in [3.05, 3.63) is 90.0 Å². The molecule has 3 aromatic carbocycles. The van der Waals surface area contributed by atoms with Gasteiger partial charge in [0, 0.05) is 5.56 Å². The summed E-state index contributed by atoms with van der Waals surface area (Å²) in [5.74, 6) is 0.678. The highest BCUT2D eigenvalue weighted by molar-refractivity contribution is 5.93. The number of esters is 1. The zero-order valence-electron chi connectivity index (χ0n) is 14.3. The molecule has 0 atom stereocenters. The number of hydrogen-bond donors (Lipinski definition) is 1. The van der Waals surface area contributed by atoms with Crippen molar-refractivity contribution in [1.82, 2.24) is 0 Å². The quantitative estimate of drug-likeness (QED) is 0.312. The SMILES string of the molecule is COc1ccc(C(=O)Oc2ccccc2/C=N\Nc2ccccc2)cc1. The van der Waals surface area contributed by atoms with Crippen molar-refractivity contribution in [2.24, 2.45) is 5.10 Å². The number of benzene rings is 3. The van der Waals surface area contributed by atoms with Gasteiger partial charge in [-0.1, -0.05) is 30.3 Å². The van der Waals surface area contributed by atoms with E-state index in [-0.39, 0.29) is 0 Å². The number of hydrogen-bond acceptors (Lipinski definition) is 5. The highest BCUT2D eigenvalue weighted by Gasteiger charge is 2.11. The molecule has 0 bridgehead atoms. The van der Waals surface area contributed by atoms with Crippen LogP contribution in [0.4, 0.5) is 5.69 Å². The maximum absolute atomic E-state index is 12.3. The summed E-state index contributed by atoms with van der Waals surface area (Å²) in [5, 5.41) is 4.19. The van der Waals surface area contributed by atoms with Crippen molar-refractivity contribution in [2.75, 3.05) is 12.5 Å². The molecule has 5 nitrogen and oxygen atoms in total. The third kappa shape index (κ3) is 4.48. The van der Waals surface area contributed by atoms with Gasteiger partial charge in [-0.25, -0.2) is 4.79 Å². The van der Waals surface area contributed by atoms with Gasteiger partial charge >= 0.3 is 5.97 Å². The van der Waals surface area contributed by atoms with E-state index in [4.69, 9.17) is 9.47 Å². The number of rotatable bonds is 6. The molecule has 0 unspecified atom stereocenters. The van der Waals surface area contributed by atoms with E-state index >= 15 is 0 Å². The van der Waals surface area contributed by atoms with Crippen LogP contribution in [0.3, 0.4) is 0 Å². The van der Waals surface area contributed by atoms with Gasteiger partial charge in [0.1, 0.15) is 11.5 Å². The largest absolute Gasteiger partial charge is 0.497 e. The minimum atomic E-state index is -0.440. The predicted molar refractivity (Wildman–Crippen MR) is 102 cm³/mol. The Morgan fingerprint density at radius 2 is 1.62 bits per heavy atom. The molecule has 5 heteroatoms. The molecular formula is C21H18N2O3. The van der Waals surface area contributed by atoms with Crippen LogP contribution in [0, 0.1) is 0 Å². The molecule has 0 spiro atoms. The van der Waals surface area contributed by atoms with Gasteiger partial charge in [-0.2, -0.15) is 5.10 Å². The molecule has 130 valence electrons. The van der Waals surface area contributed by atoms with Crippen molar-refractivity contribution in [1.29, 1.82) is 0 Å². The zero-order chi connectivity index (χ0) is 18.2. The average molecular weight is 346 g/mol. The Bertz CT molecular complexity index is 891. The van der Waals surface area contributed by atoms with Crippen molar-refractivity contribution < 1.29 is 14.3 Å². The number of para-hydroxylation sites is 2. The number of nitrogens with zero attached hydrogens (tertiary/aromatic N) is 1. The number of ether oxygens (including phenoxy) is 2. The molecule has 0 amide bonds. The fourth-order valence-corrected chi connectivity index (χ4v) is 2.26. The number of carbonyl (C=O) groups is 1. The molecule has 1 N–H and O–H groups in total. The molecule has 0 radical (unpaired) electrons. The smallest absolute Gasteiger partial charge is 0.343 e. The Morgan fingerprint density at radius 3 is 2.35 bits per heavy atom. The van der Waals surface area contributed by atoms with Crippen molar-refractivity contribution in [3.8, 4) is 11.5 Å². The van der Waals surface area contributed by atoms with E-state index in [1.165, 1.54) is 0 Å². The van der Waals surface area contributed by atoms with Gasteiger partial charge in [-0.05, 0) is 48.5 Å². The lowest BCUT2D eigenvalue weighted by atomic mass is 10.2. The summed E-state index contributed by atoms with van der Waals surface area (Å²) >= 11 is 0. The lowest BCUT2D eigenvalue weighted by Crippen LogP contribution is -2.09. The standard InChI is InChI=1S/C21H18N2O3/c1-25-19-13-11-16(12-14-19)21(24)26-20-10-6-5-7-17(20)15-22-23-18-8-3-2-4-9-18/h2-15,23H,1H3/b22-15-. The first-order valence-electron chi connectivity index (χ1n) is 8.05. The Kier molecular flexibility index (Phi) is 5.62. The molecule has 26 heavy (non-hydrogen) atoms. The lowest BCUT2D eigenvalue weighted by Gasteiger charge is -2.08. The molecular weight excluding hydrogens is 328 g/mol. The normalized spacial score (nSPS) is 10.5. The minimum Gasteiger partial charge on any atom is -0.497 e. The first kappa shape index (κ1) is 17.2. The van der Waals surface area contributed by atoms with Gasteiger partial charge in [-0.15, -0.1) is 0 Å². The van der Waals surface area contributed by atoms with Crippen LogP contribution >= 0.6 is 0 Å². The molecule has 0 aliphatic heterocycles. The summed E-state index contributed by atoms with van der Waals surface area (Å²) in [6.07, 6.45) is 1.61. The van der Waals surface area contributed by atoms with Crippen LogP contribution in [0.2, 0.25) is 0 Å². The van der Waals surface area contributed by atoms with Gasteiger partial charge in [-0.3, -0.25) is 5.43 Å². The third-order valence-corrected chi connectivity index (χ3v) is 3.62. The van der Waals surface area contributed by atoms with Crippen molar-refractivity contribution in [2.45, 2.75) is 0 Å². The van der Waals surface area contributed by atoms with Crippen LogP contribution in [-0.4, -0.2) is 19.3 Å². The molecule has 3 aromatic rings. The van der Waals surface area contributed by atoms with Gasteiger partial charge in [0.15, 0.2) is 0 Å². The minimum absolute atomic E-state index is 0.437. The van der Waals surface area contributed by atoms with Crippen LogP contribution in [-0.2, 0) is 0 Å². The Morgan fingerprint density at radius 1 is 0.923 bits per heavy atom. The summed E-state index contributed by atoms with van der Waals surface area (Å²) in [5.41, 5.74) is 4.94. The molecule has 0 saturated carbocycles. The molecule has 0 aliphatic rings. The molecule has 0 aromatic heterocycles. The summed E-state index contributed by atoms with van der Waals surface area (Å²) in [4.78, 5) is 12.3. The van der Waals surface area contributed by atoms with Crippen molar-refractivity contribution >= 4 is 17.9 Å². The second-order valence-corrected chi connectivity index (χ2v) is 5.39. The fraction of sp³-hybridized carbons (Fsp3) is 0.0476. The maximum atomic E-state index is 12.3. The lowest BCUT2D eigenvalue weighted by molar-refractivity contribution is 0.0734. The fourth-order valence-electron chi connectivity index (χ4n) is 2.26. The molecule has 0 fully saturated rings. The van der Waals surface area contributed by atoms with Crippen LogP contribution in [0.5, 0.6) is 11.5 Å². The highest BCUT2D eigenvalue weighted by atomic mass is 16.5. The molecule has 0 saturated heterocycles. The highest BCUT2D eigenvalue weighted by Crippen LogP contribution is 2.19. The monoisotopic (exact) mass is 346 g/mol. The number of nitrogens with one attached hydrogen (secondary N) is 1. The van der Waals surface area contributed by atoms with Gasteiger partial charge in [0.05, 0.1) is 24.6 Å². The number of anilines is 1. The van der Waals surface area contributed by atoms with Gasteiger partial charge in [0.25, 0.3) is 0 Å². The molecule has 0 aliphatic carbocycles. The Labute approximate surface area is 151 Å². The number of carbonyl (C=O) groups excluding carboxylic acids is 1. The summed E-state index contributed by atoms with van der Waals surface area (Å²) in [6.45, 7) is 0. The van der Waals surface area contributed by atoms with Gasteiger partial charge < -0.3 is 9.47 Å². The maximum Gasteiger partial charge on any atom is 0.343 e. The van der Waals surface area contributed by atoms with Crippen LogP contribution in [0.1, 0.15) is 15.9 Å². The zero-order valence-corrected chi connectivity index (χ0v) is 14.3. The second-order valence-electron chi connectivity index (χ2n) is 5.39. The predicted octanol–water partition coefficient (Wildman–Crippen LogP) is 4.36. The van der Waals surface area contributed by atoms with E-state index in [2.05, 4.69) is 10.5 Å². The van der Waals surface area contributed by atoms with E-state index in [1.807, 2.05) is 42.5 Å². The third-order valence-electron chi connectivity index (χ3n) is 3.62. The average Bonchev–Trinajstić information content (AvgIpc) is 2.70. The van der Waals surface area contributed by atoms with Crippen LogP contribution in [0.25, 0.3) is 0 Å². The van der Waals surface area contributed by atoms with Crippen LogP contribution < -0.4 is 14.9 Å². The van der Waals surface area contributed by atoms with Crippen molar-refractivity contribution in [3.63, 3.8) is 0 Å². The van der Waals surface area contributed by atoms with E-state index < -0.39 is 5.97 Å². The van der Waals surface area contributed by atoms with Crippen LogP contribution in [0.15, 0.2) is 84.0 Å². The van der Waals surface area contributed by atoms with E-state index in [0.717, 1.165) is 5.69 Å². The Balaban J connectivity index is 1.71. The first-order chi connectivity index (χ1) is 12.8. The second kappa shape index (κ2) is 8.48. The summed E-state index contributed by atoms with van der Waals surface area (Å²) in [6, 6.07) is 23.6. The topological polar surface area (TPSA) is 59.9 Å². The number of hydrazone groups is 1. The summed E-state index contributed by atoms with van der Waals surface area (Å²) < 4.78 is 10.6. The Hall–Kier alpha value is -3.60. The van der Waals surface area contributed by atoms with E-state index in [1.54, 1.807) is 49.7 Å². The van der Waals surface area contributed by atoms with Gasteiger partial charge in [0.2, 0.25) is 0 Å². The van der Waals surface area contributed by atoms with E-state index in [0.29, 0.717) is 22.6 Å². The number of methoxy groups -OCH3 is 1. The molecule has 3 rings (SSSR count). The first-order valence-corrected chi connectivity index (χ1v) is 8.05. The van der Waals surface area contributed by atoms with E-state index in [9.17, 15) is 4.79 Å². The summed E-state index contributed by atoms with van der Waals surface area (Å²) in [7, 11) is 1.58. The molecule has 0 heterocycles.